The number of thioether (sulfide) groups is 1. The van der Waals surface area contributed by atoms with E-state index in [0.29, 0.717) is 40.3 Å². The first-order chi connectivity index (χ1) is 23.4. The average molecular weight is 747 g/mol. The molecule has 15 heteroatoms. The van der Waals surface area contributed by atoms with Gasteiger partial charge in [0.05, 0.1) is 33.5 Å². The monoisotopic (exact) mass is 745 g/mol. The molecule has 1 saturated heterocycles. The summed E-state index contributed by atoms with van der Waals surface area (Å²) in [6.45, 7) is 5.26. The number of H-pyrrole nitrogens is 1. The van der Waals surface area contributed by atoms with Crippen LogP contribution in [0.2, 0.25) is 10.0 Å². The summed E-state index contributed by atoms with van der Waals surface area (Å²) in [6, 6.07) is 9.01. The van der Waals surface area contributed by atoms with Crippen molar-refractivity contribution in [1.29, 1.82) is 0 Å². The second-order valence-electron chi connectivity index (χ2n) is 13.1. The molecule has 2 aliphatic carbocycles. The summed E-state index contributed by atoms with van der Waals surface area (Å²) in [7, 11) is 0. The number of halogens is 2. The van der Waals surface area contributed by atoms with Gasteiger partial charge in [-0.1, -0.05) is 54.5 Å². The molecule has 2 saturated carbocycles. The number of carboxylic acids is 1. The van der Waals surface area contributed by atoms with Crippen LogP contribution in [0.15, 0.2) is 46.2 Å². The van der Waals surface area contributed by atoms with Crippen molar-refractivity contribution in [1.82, 2.24) is 9.88 Å². The van der Waals surface area contributed by atoms with Crippen molar-refractivity contribution in [2.45, 2.75) is 49.4 Å². The Kier molecular flexibility index (Phi) is 9.00. The van der Waals surface area contributed by atoms with Gasteiger partial charge in [0.25, 0.3) is 5.91 Å². The normalized spacial score (nSPS) is 27.1. The number of carbonyl (C=O) groups is 4. The number of thiazole rings is 1. The van der Waals surface area contributed by atoms with E-state index >= 15 is 0 Å². The molecular weight excluding hydrogens is 713 g/mol. The summed E-state index contributed by atoms with van der Waals surface area (Å²) in [6.07, 6.45) is 0.672. The Labute approximate surface area is 299 Å². The number of hydrogen-bond acceptors (Lipinski definition) is 9. The van der Waals surface area contributed by atoms with Crippen LogP contribution < -0.4 is 19.7 Å². The standard InChI is InChI=1S/C34H33Cl2N3O8S2/c1-4-46-21-9-14(5-8-20(21)47-12-22(40)37-15-6-7-18(35)19(36)10-15)23-24-16-11-17(28(24)48-30-29(23)49-34(45)38-30)26-25(16)31(41)39(32(26)42)27(13(2)3)33(43)44/h5-10,13,16-17,23-28H,4,11-12H2,1-3H3,(H,37,40)(H,38,45)(H,43,44)/t16?,17?,23-,24?,25?,26?,27?,28?/m1/s1. The number of anilines is 1. The minimum Gasteiger partial charge on any atom is -0.490 e. The zero-order chi connectivity index (χ0) is 34.9. The van der Waals surface area contributed by atoms with Crippen molar-refractivity contribution < 1.29 is 33.8 Å². The van der Waals surface area contributed by atoms with E-state index in [-0.39, 0.29) is 40.4 Å². The first-order valence-corrected chi connectivity index (χ1v) is 18.5. The maximum atomic E-state index is 14.0. The van der Waals surface area contributed by atoms with E-state index in [1.165, 1.54) is 0 Å². The molecule has 0 radical (unpaired) electrons. The third-order valence-corrected chi connectivity index (χ3v) is 13.4. The molecule has 258 valence electrons. The third kappa shape index (κ3) is 5.72. The van der Waals surface area contributed by atoms with Crippen molar-refractivity contribution in [2.24, 2.45) is 35.5 Å². The highest BCUT2D eigenvalue weighted by Crippen LogP contribution is 2.68. The Morgan fingerprint density at radius 2 is 1.76 bits per heavy atom. The Morgan fingerprint density at radius 1 is 1.02 bits per heavy atom. The number of ether oxygens (including phenoxy) is 2. The molecule has 8 atom stereocenters. The lowest BCUT2D eigenvalue weighted by atomic mass is 9.68. The van der Waals surface area contributed by atoms with Gasteiger partial charge in [-0.2, -0.15) is 0 Å². The summed E-state index contributed by atoms with van der Waals surface area (Å²) in [5.74, 6) is -3.96. The summed E-state index contributed by atoms with van der Waals surface area (Å²) < 4.78 is 11.9. The van der Waals surface area contributed by atoms with E-state index in [9.17, 15) is 29.1 Å². The van der Waals surface area contributed by atoms with Crippen LogP contribution in [-0.2, 0) is 19.2 Å². The lowest BCUT2D eigenvalue weighted by Crippen LogP contribution is -2.49. The van der Waals surface area contributed by atoms with Gasteiger partial charge in [-0.25, -0.2) is 4.79 Å². The number of carboxylic acid groups (broad SMARTS) is 1. The number of nitrogens with one attached hydrogen (secondary N) is 2. The quantitative estimate of drug-likeness (QED) is 0.220. The number of aliphatic carboxylic acids is 1. The van der Waals surface area contributed by atoms with Crippen molar-refractivity contribution in [3.63, 3.8) is 0 Å². The van der Waals surface area contributed by atoms with Gasteiger partial charge in [0.2, 0.25) is 11.8 Å². The molecule has 3 N–H and O–H groups in total. The van der Waals surface area contributed by atoms with Crippen molar-refractivity contribution in [3.8, 4) is 11.5 Å². The second kappa shape index (κ2) is 13.0. The number of benzene rings is 2. The zero-order valence-electron chi connectivity index (χ0n) is 26.6. The van der Waals surface area contributed by atoms with Crippen molar-refractivity contribution in [3.05, 3.63) is 66.6 Å². The Hall–Kier alpha value is -3.52. The maximum Gasteiger partial charge on any atom is 0.327 e. The van der Waals surface area contributed by atoms with Gasteiger partial charge in [-0.15, -0.1) is 11.8 Å². The first-order valence-electron chi connectivity index (χ1n) is 16.0. The predicted molar refractivity (Wildman–Crippen MR) is 185 cm³/mol. The number of fused-ring (bicyclic) bond motifs is 9. The van der Waals surface area contributed by atoms with Gasteiger partial charge >= 0.3 is 10.8 Å². The number of hydrogen-bond donors (Lipinski definition) is 3. The second-order valence-corrected chi connectivity index (χ2v) is 16.2. The molecule has 11 nitrogen and oxygen atoms in total. The van der Waals surface area contributed by atoms with Crippen molar-refractivity contribution >= 4 is 75.7 Å². The highest BCUT2D eigenvalue weighted by Gasteiger charge is 2.70. The van der Waals surface area contributed by atoms with E-state index in [4.69, 9.17) is 32.7 Å². The average Bonchev–Trinajstić information content (AvgIpc) is 3.78. The molecule has 49 heavy (non-hydrogen) atoms. The molecule has 3 amide bonds. The van der Waals surface area contributed by atoms with E-state index in [1.54, 1.807) is 49.9 Å². The Balaban J connectivity index is 1.19. The van der Waals surface area contributed by atoms with Gasteiger partial charge < -0.3 is 24.9 Å². The highest BCUT2D eigenvalue weighted by molar-refractivity contribution is 8.00. The van der Waals surface area contributed by atoms with Crippen LogP contribution in [0.25, 0.3) is 0 Å². The number of nitrogens with zero attached hydrogens (tertiary/aromatic N) is 1. The van der Waals surface area contributed by atoms with Gasteiger partial charge in [0, 0.05) is 21.7 Å². The van der Waals surface area contributed by atoms with Gasteiger partial charge in [0.15, 0.2) is 18.1 Å². The van der Waals surface area contributed by atoms with Gasteiger partial charge in [-0.3, -0.25) is 24.1 Å². The van der Waals surface area contributed by atoms with Gasteiger partial charge in [0.1, 0.15) is 6.04 Å². The molecule has 7 unspecified atom stereocenters. The molecule has 3 fully saturated rings. The van der Waals surface area contributed by atoms with E-state index in [0.717, 1.165) is 31.7 Å². The van der Waals surface area contributed by atoms with E-state index in [1.807, 2.05) is 19.1 Å². The number of amides is 3. The fourth-order valence-corrected chi connectivity index (χ4v) is 11.6. The van der Waals surface area contributed by atoms with Crippen LogP contribution in [0, 0.1) is 35.5 Å². The van der Waals surface area contributed by atoms with Gasteiger partial charge in [-0.05, 0) is 72.9 Å². The largest absolute Gasteiger partial charge is 0.490 e. The predicted octanol–water partition coefficient (Wildman–Crippen LogP) is 5.74. The lowest BCUT2D eigenvalue weighted by molar-refractivity contribution is -0.157. The number of carbonyl (C=O) groups excluding carboxylic acids is 3. The van der Waals surface area contributed by atoms with Crippen LogP contribution in [0.3, 0.4) is 0 Å². The van der Waals surface area contributed by atoms with Crippen LogP contribution in [0.5, 0.6) is 11.5 Å². The third-order valence-electron chi connectivity index (χ3n) is 10.1. The number of likely N-dealkylation sites (tertiary alicyclic amines) is 1. The minimum absolute atomic E-state index is 0.0652. The lowest BCUT2D eigenvalue weighted by Gasteiger charge is -2.43. The number of aromatic amines is 1. The summed E-state index contributed by atoms with van der Waals surface area (Å²) >= 11 is 14.7. The molecule has 4 aliphatic rings. The number of imide groups is 1. The summed E-state index contributed by atoms with van der Waals surface area (Å²) in [5.41, 5.74) is 1.32. The minimum atomic E-state index is -1.22. The molecule has 2 bridgehead atoms. The molecule has 1 aromatic heterocycles. The smallest absolute Gasteiger partial charge is 0.327 e. The zero-order valence-corrected chi connectivity index (χ0v) is 29.8. The fraction of sp³-hybridized carbons (Fsp3) is 0.441. The van der Waals surface area contributed by atoms with Crippen molar-refractivity contribution in [2.75, 3.05) is 18.5 Å². The summed E-state index contributed by atoms with van der Waals surface area (Å²) in [5, 5.41) is 14.1. The fourth-order valence-electron chi connectivity index (χ4n) is 8.40. The van der Waals surface area contributed by atoms with E-state index < -0.39 is 47.5 Å². The molecule has 0 spiro atoms. The van der Waals surface area contributed by atoms with E-state index in [2.05, 4.69) is 10.3 Å². The highest BCUT2D eigenvalue weighted by atomic mass is 35.5. The maximum absolute atomic E-state index is 14.0. The molecule has 2 aromatic carbocycles. The Morgan fingerprint density at radius 3 is 2.43 bits per heavy atom. The van der Waals surface area contributed by atoms with Crippen LogP contribution in [-0.4, -0.2) is 63.2 Å². The number of aromatic nitrogens is 1. The van der Waals surface area contributed by atoms with Crippen LogP contribution >= 0.6 is 46.3 Å². The molecular formula is C34H33Cl2N3O8S2. The first kappa shape index (κ1) is 34.0. The molecule has 3 aromatic rings. The Bertz CT molecular complexity index is 1930. The summed E-state index contributed by atoms with van der Waals surface area (Å²) in [4.78, 5) is 70.1. The molecule has 3 heterocycles. The molecule has 7 rings (SSSR count). The molecule has 2 aliphatic heterocycles. The number of rotatable bonds is 10. The SMILES string of the molecule is CCOc1cc([C@H]2c3sc(=O)[nH]c3SC3C4CC(C5C(=O)N(C(C(=O)O)C(C)C)C(=O)C45)C32)ccc1OCC(=O)Nc1ccc(Cl)c(Cl)c1. The topological polar surface area (TPSA) is 155 Å². The van der Waals surface area contributed by atoms with Crippen LogP contribution in [0.4, 0.5) is 5.69 Å². The van der Waals surface area contributed by atoms with Crippen LogP contribution in [0.1, 0.15) is 43.6 Å².